The number of aliphatic carboxylic acids is 1. The zero-order chi connectivity index (χ0) is 27.9. The second-order valence-corrected chi connectivity index (χ2v) is 11.3. The van der Waals surface area contributed by atoms with Crippen molar-refractivity contribution in [1.29, 1.82) is 0 Å². The number of esters is 1. The van der Waals surface area contributed by atoms with Gasteiger partial charge in [0.05, 0.1) is 0 Å². The molecule has 0 aliphatic carbocycles. The van der Waals surface area contributed by atoms with Gasteiger partial charge in [-0.2, -0.15) is 0 Å². The molecule has 0 aliphatic heterocycles. The molecule has 0 aromatic carbocycles. The van der Waals surface area contributed by atoms with E-state index in [1.807, 2.05) is 0 Å². The van der Waals surface area contributed by atoms with Crippen LogP contribution < -0.4 is 0 Å². The Morgan fingerprint density at radius 2 is 0.974 bits per heavy atom. The summed E-state index contributed by atoms with van der Waals surface area (Å²) in [5.74, 6) is -0.660. The van der Waals surface area contributed by atoms with E-state index < -0.39 is 5.97 Å². The Kier molecular flexibility index (Phi) is 29.2. The Morgan fingerprint density at radius 3 is 1.50 bits per heavy atom. The Hall–Kier alpha value is -1.32. The van der Waals surface area contributed by atoms with Crippen LogP contribution in [0.25, 0.3) is 0 Å². The molecule has 4 heteroatoms. The number of hydrogen-bond acceptors (Lipinski definition) is 3. The van der Waals surface area contributed by atoms with Crippen molar-refractivity contribution in [3.05, 3.63) is 12.2 Å². The van der Waals surface area contributed by atoms with Crippen molar-refractivity contribution in [2.75, 3.05) is 0 Å². The Bertz CT molecular complexity index is 543. The molecule has 1 atom stereocenters. The summed E-state index contributed by atoms with van der Waals surface area (Å²) in [6, 6.07) is 0. The third kappa shape index (κ3) is 29.2. The van der Waals surface area contributed by atoms with Gasteiger partial charge in [0, 0.05) is 12.8 Å². The van der Waals surface area contributed by atoms with Crippen LogP contribution in [0.4, 0.5) is 0 Å². The van der Waals surface area contributed by atoms with Crippen LogP contribution in [0.1, 0.15) is 187 Å². The second-order valence-electron chi connectivity index (χ2n) is 11.3. The van der Waals surface area contributed by atoms with Gasteiger partial charge in [-0.1, -0.05) is 129 Å². The molecule has 0 bridgehead atoms. The molecular formula is C34H64O4. The van der Waals surface area contributed by atoms with Crippen molar-refractivity contribution in [2.24, 2.45) is 0 Å². The number of allylic oxidation sites excluding steroid dienone is 2. The summed E-state index contributed by atoms with van der Waals surface area (Å²) < 4.78 is 5.96. The van der Waals surface area contributed by atoms with Crippen LogP contribution in [0.3, 0.4) is 0 Å². The van der Waals surface area contributed by atoms with Crippen LogP contribution in [0.2, 0.25) is 0 Å². The average Bonchev–Trinajstić information content (AvgIpc) is 2.89. The number of unbranched alkanes of at least 4 members (excludes halogenated alkanes) is 19. The molecule has 0 spiro atoms. The normalized spacial score (nSPS) is 12.3. The summed E-state index contributed by atoms with van der Waals surface area (Å²) in [6.07, 6.45) is 35.2. The number of carboxylic acid groups (broad SMARTS) is 1. The van der Waals surface area contributed by atoms with Gasteiger partial charge in [0.1, 0.15) is 6.10 Å². The van der Waals surface area contributed by atoms with Gasteiger partial charge in [0.15, 0.2) is 0 Å². The molecule has 0 saturated heterocycles. The summed E-state index contributed by atoms with van der Waals surface area (Å²) in [4.78, 5) is 23.0. The van der Waals surface area contributed by atoms with Crippen LogP contribution in [0.15, 0.2) is 12.2 Å². The Balaban J connectivity index is 3.94. The molecule has 1 unspecified atom stereocenters. The van der Waals surface area contributed by atoms with Crippen molar-refractivity contribution in [1.82, 2.24) is 0 Å². The topological polar surface area (TPSA) is 63.6 Å². The van der Waals surface area contributed by atoms with Gasteiger partial charge in [-0.3, -0.25) is 9.59 Å². The van der Waals surface area contributed by atoms with Crippen LogP contribution in [0, 0.1) is 0 Å². The molecule has 0 radical (unpaired) electrons. The molecule has 38 heavy (non-hydrogen) atoms. The number of hydrogen-bond donors (Lipinski definition) is 1. The highest BCUT2D eigenvalue weighted by Crippen LogP contribution is 2.18. The fraction of sp³-hybridized carbons (Fsp3) is 0.882. The number of carbonyl (C=O) groups is 2. The monoisotopic (exact) mass is 536 g/mol. The largest absolute Gasteiger partial charge is 0.481 e. The van der Waals surface area contributed by atoms with Crippen molar-refractivity contribution in [2.45, 2.75) is 193 Å². The first-order chi connectivity index (χ1) is 18.6. The van der Waals surface area contributed by atoms with Crippen LogP contribution >= 0.6 is 0 Å². The minimum atomic E-state index is -0.679. The summed E-state index contributed by atoms with van der Waals surface area (Å²) in [7, 11) is 0. The Morgan fingerprint density at radius 1 is 0.553 bits per heavy atom. The summed E-state index contributed by atoms with van der Waals surface area (Å²) >= 11 is 0. The maximum atomic E-state index is 12.5. The molecule has 4 nitrogen and oxygen atoms in total. The summed E-state index contributed by atoms with van der Waals surface area (Å²) in [5, 5.41) is 8.68. The quantitative estimate of drug-likeness (QED) is 0.0563. The second kappa shape index (κ2) is 30.2. The third-order valence-electron chi connectivity index (χ3n) is 7.49. The SMILES string of the molecule is CCCC/C=C\CCCCCCCC(=O)OC(CCCCCCC)CCCCCCCCCCCC(=O)O. The first-order valence-electron chi connectivity index (χ1n) is 16.7. The lowest BCUT2D eigenvalue weighted by Gasteiger charge is -2.18. The molecule has 0 aromatic heterocycles. The fourth-order valence-corrected chi connectivity index (χ4v) is 4.99. The minimum Gasteiger partial charge on any atom is -0.481 e. The van der Waals surface area contributed by atoms with E-state index >= 15 is 0 Å². The lowest BCUT2D eigenvalue weighted by molar-refractivity contribution is -0.150. The molecule has 0 amide bonds. The van der Waals surface area contributed by atoms with E-state index in [0.29, 0.717) is 12.8 Å². The van der Waals surface area contributed by atoms with Gasteiger partial charge in [0.2, 0.25) is 0 Å². The maximum Gasteiger partial charge on any atom is 0.306 e. The average molecular weight is 537 g/mol. The van der Waals surface area contributed by atoms with E-state index in [-0.39, 0.29) is 12.1 Å². The zero-order valence-corrected chi connectivity index (χ0v) is 25.5. The van der Waals surface area contributed by atoms with E-state index in [0.717, 1.165) is 51.4 Å². The molecule has 0 rings (SSSR count). The molecular weight excluding hydrogens is 472 g/mol. The van der Waals surface area contributed by atoms with E-state index in [1.165, 1.54) is 109 Å². The van der Waals surface area contributed by atoms with Gasteiger partial charge < -0.3 is 9.84 Å². The van der Waals surface area contributed by atoms with Crippen LogP contribution in [0.5, 0.6) is 0 Å². The van der Waals surface area contributed by atoms with Crippen molar-refractivity contribution in [3.8, 4) is 0 Å². The van der Waals surface area contributed by atoms with Gasteiger partial charge >= 0.3 is 11.9 Å². The van der Waals surface area contributed by atoms with Crippen molar-refractivity contribution >= 4 is 11.9 Å². The molecule has 1 N–H and O–H groups in total. The number of rotatable bonds is 30. The third-order valence-corrected chi connectivity index (χ3v) is 7.49. The Labute approximate surface area is 236 Å². The summed E-state index contributed by atoms with van der Waals surface area (Å²) in [6.45, 7) is 4.48. The van der Waals surface area contributed by atoms with E-state index in [9.17, 15) is 9.59 Å². The first-order valence-corrected chi connectivity index (χ1v) is 16.7. The number of carbonyl (C=O) groups excluding carboxylic acids is 1. The molecule has 0 aliphatic rings. The fourth-order valence-electron chi connectivity index (χ4n) is 4.99. The van der Waals surface area contributed by atoms with E-state index in [4.69, 9.17) is 9.84 Å². The van der Waals surface area contributed by atoms with Gasteiger partial charge in [-0.25, -0.2) is 0 Å². The molecule has 224 valence electrons. The molecule has 0 aromatic rings. The predicted octanol–water partition coefficient (Wildman–Crippen LogP) is 11.1. The standard InChI is InChI=1S/C34H64O4/c1-3-5-7-9-10-11-12-16-19-23-27-31-34(37)38-32(28-24-20-8-6-4-2)29-25-21-17-14-13-15-18-22-26-30-33(35)36/h9-10,32H,3-8,11-31H2,1-2H3,(H,35,36)/b10-9-. The first kappa shape index (κ1) is 36.7. The van der Waals surface area contributed by atoms with Crippen LogP contribution in [-0.2, 0) is 14.3 Å². The zero-order valence-electron chi connectivity index (χ0n) is 25.5. The number of carboxylic acids is 1. The highest BCUT2D eigenvalue weighted by atomic mass is 16.5. The lowest BCUT2D eigenvalue weighted by Crippen LogP contribution is -2.18. The molecule has 0 fully saturated rings. The van der Waals surface area contributed by atoms with E-state index in [2.05, 4.69) is 26.0 Å². The van der Waals surface area contributed by atoms with E-state index in [1.54, 1.807) is 0 Å². The molecule has 0 heterocycles. The van der Waals surface area contributed by atoms with Gasteiger partial charge in [0.25, 0.3) is 0 Å². The van der Waals surface area contributed by atoms with Gasteiger partial charge in [-0.15, -0.1) is 0 Å². The highest BCUT2D eigenvalue weighted by molar-refractivity contribution is 5.69. The minimum absolute atomic E-state index is 0.0188. The maximum absolute atomic E-state index is 12.5. The summed E-state index contributed by atoms with van der Waals surface area (Å²) in [5.41, 5.74) is 0. The number of ether oxygens (including phenoxy) is 1. The van der Waals surface area contributed by atoms with Crippen LogP contribution in [-0.4, -0.2) is 23.1 Å². The smallest absolute Gasteiger partial charge is 0.306 e. The van der Waals surface area contributed by atoms with Crippen molar-refractivity contribution in [3.63, 3.8) is 0 Å². The predicted molar refractivity (Wildman–Crippen MR) is 163 cm³/mol. The van der Waals surface area contributed by atoms with Crippen molar-refractivity contribution < 1.29 is 19.4 Å². The van der Waals surface area contributed by atoms with Gasteiger partial charge in [-0.05, 0) is 57.8 Å². The molecule has 0 saturated carbocycles. The lowest BCUT2D eigenvalue weighted by atomic mass is 10.0. The highest BCUT2D eigenvalue weighted by Gasteiger charge is 2.14.